The Balaban J connectivity index is 1.81. The molecule has 0 bridgehead atoms. The van der Waals surface area contributed by atoms with E-state index < -0.39 is 11.7 Å². The summed E-state index contributed by atoms with van der Waals surface area (Å²) in [5.74, 6) is -3.46. The van der Waals surface area contributed by atoms with Gasteiger partial charge in [0.2, 0.25) is 0 Å². The van der Waals surface area contributed by atoms with Crippen LogP contribution in [-0.4, -0.2) is 21.1 Å². The minimum Gasteiger partial charge on any atom is -0.457 e. The average molecular weight is 359 g/mol. The van der Waals surface area contributed by atoms with Gasteiger partial charge in [-0.25, -0.2) is 9.78 Å². The number of pyridine rings is 2. The summed E-state index contributed by atoms with van der Waals surface area (Å²) < 4.78 is 32.1. The van der Waals surface area contributed by atoms with Gasteiger partial charge in [0, 0.05) is 24.2 Å². The van der Waals surface area contributed by atoms with Gasteiger partial charge in [0.15, 0.2) is 0 Å². The fourth-order valence-corrected chi connectivity index (χ4v) is 2.93. The van der Waals surface area contributed by atoms with E-state index in [1.807, 2.05) is 6.07 Å². The maximum atomic E-state index is 12.6. The predicted molar refractivity (Wildman–Crippen MR) is 87.3 cm³/mol. The molecule has 0 aliphatic heterocycles. The summed E-state index contributed by atoms with van der Waals surface area (Å²) in [5, 5.41) is 9.24. The molecule has 0 amide bonds. The Bertz CT molecular complexity index is 966. The van der Waals surface area contributed by atoms with Gasteiger partial charge in [0.1, 0.15) is 17.7 Å². The largest absolute Gasteiger partial charge is 0.457 e. The van der Waals surface area contributed by atoms with Crippen LogP contribution in [0, 0.1) is 11.3 Å². The molecule has 8 heteroatoms. The molecule has 25 heavy (non-hydrogen) atoms. The second-order valence-corrected chi connectivity index (χ2v) is 5.92. The zero-order valence-electron chi connectivity index (χ0n) is 12.7. The number of halogens is 2. The summed E-state index contributed by atoms with van der Waals surface area (Å²) in [5.41, 5.74) is 1.61. The van der Waals surface area contributed by atoms with E-state index in [0.717, 1.165) is 0 Å². The highest BCUT2D eigenvalue weighted by Gasteiger charge is 2.19. The monoisotopic (exact) mass is 359 g/mol. The number of carbonyl (C=O) groups is 1. The van der Waals surface area contributed by atoms with Crippen LogP contribution >= 0.6 is 11.8 Å². The van der Waals surface area contributed by atoms with Gasteiger partial charge in [-0.1, -0.05) is 6.07 Å². The summed E-state index contributed by atoms with van der Waals surface area (Å²) >= 11 is 0.185. The van der Waals surface area contributed by atoms with Crippen molar-refractivity contribution in [1.29, 1.82) is 5.26 Å². The Kier molecular flexibility index (Phi) is 4.95. The predicted octanol–water partition coefficient (Wildman–Crippen LogP) is 3.88. The number of rotatable bonds is 5. The normalized spacial score (nSPS) is 10.8. The molecule has 0 saturated carbocycles. The van der Waals surface area contributed by atoms with Crippen LogP contribution in [0.15, 0.2) is 53.9 Å². The Morgan fingerprint density at radius 3 is 2.96 bits per heavy atom. The van der Waals surface area contributed by atoms with Crippen molar-refractivity contribution in [2.75, 3.05) is 0 Å². The first kappa shape index (κ1) is 16.9. The number of ether oxygens (including phenoxy) is 1. The highest BCUT2D eigenvalue weighted by atomic mass is 32.2. The highest BCUT2D eigenvalue weighted by molar-refractivity contribution is 7.99. The van der Waals surface area contributed by atoms with Crippen molar-refractivity contribution in [3.63, 3.8) is 0 Å². The highest BCUT2D eigenvalue weighted by Crippen LogP contribution is 2.27. The standard InChI is InChI=1S/C17H11F2N3O2S/c18-17(19)25-15-12(4-3-6-21-15)16(23)24-10-11-9-22-7-2-1-5-14(22)13(11)8-20/h1-7,9,17H,10H2. The van der Waals surface area contributed by atoms with E-state index in [1.54, 1.807) is 28.9 Å². The zero-order valence-corrected chi connectivity index (χ0v) is 13.5. The molecule has 0 N–H and O–H groups in total. The topological polar surface area (TPSA) is 67.4 Å². The Labute approximate surface area is 145 Å². The van der Waals surface area contributed by atoms with Gasteiger partial charge in [-0.15, -0.1) is 0 Å². The lowest BCUT2D eigenvalue weighted by molar-refractivity contribution is 0.0467. The van der Waals surface area contributed by atoms with Crippen molar-refractivity contribution in [3.8, 4) is 6.07 Å². The molecular formula is C17H11F2N3O2S. The summed E-state index contributed by atoms with van der Waals surface area (Å²) in [6.07, 6.45) is 4.80. The zero-order chi connectivity index (χ0) is 17.8. The van der Waals surface area contributed by atoms with Gasteiger partial charge in [-0.3, -0.25) is 0 Å². The third-order valence-corrected chi connectivity index (χ3v) is 4.15. The van der Waals surface area contributed by atoms with Crippen LogP contribution in [0.4, 0.5) is 8.78 Å². The Hall–Kier alpha value is -2.92. The second-order valence-electron chi connectivity index (χ2n) is 4.95. The van der Waals surface area contributed by atoms with Crippen molar-refractivity contribution < 1.29 is 18.3 Å². The van der Waals surface area contributed by atoms with E-state index in [9.17, 15) is 18.8 Å². The maximum absolute atomic E-state index is 12.6. The molecule has 0 aliphatic rings. The van der Waals surface area contributed by atoms with E-state index in [4.69, 9.17) is 4.74 Å². The number of carbonyl (C=O) groups excluding carboxylic acids is 1. The van der Waals surface area contributed by atoms with Gasteiger partial charge in [0.05, 0.1) is 16.6 Å². The number of aromatic nitrogens is 2. The number of nitrogens with zero attached hydrogens (tertiary/aromatic N) is 3. The van der Waals surface area contributed by atoms with Crippen LogP contribution in [0.3, 0.4) is 0 Å². The van der Waals surface area contributed by atoms with Crippen LogP contribution in [0.25, 0.3) is 5.52 Å². The molecular weight excluding hydrogens is 348 g/mol. The first-order valence-corrected chi connectivity index (χ1v) is 8.03. The summed E-state index contributed by atoms with van der Waals surface area (Å²) in [7, 11) is 0. The fourth-order valence-electron chi connectivity index (χ4n) is 2.36. The smallest absolute Gasteiger partial charge is 0.341 e. The molecule has 0 radical (unpaired) electrons. The second kappa shape index (κ2) is 7.32. The van der Waals surface area contributed by atoms with Crippen molar-refractivity contribution in [2.45, 2.75) is 17.4 Å². The Morgan fingerprint density at radius 2 is 2.20 bits per heavy atom. The van der Waals surface area contributed by atoms with E-state index in [-0.39, 0.29) is 29.0 Å². The van der Waals surface area contributed by atoms with E-state index in [2.05, 4.69) is 11.1 Å². The van der Waals surface area contributed by atoms with Crippen LogP contribution in [0.5, 0.6) is 0 Å². The van der Waals surface area contributed by atoms with Crippen molar-refractivity contribution in [1.82, 2.24) is 9.38 Å². The minimum atomic E-state index is -2.69. The minimum absolute atomic E-state index is 0.0323. The molecule has 0 saturated heterocycles. The van der Waals surface area contributed by atoms with Crippen LogP contribution in [0.1, 0.15) is 21.5 Å². The molecule has 0 fully saturated rings. The van der Waals surface area contributed by atoms with Crippen LogP contribution < -0.4 is 0 Å². The van der Waals surface area contributed by atoms with Gasteiger partial charge in [0.25, 0.3) is 5.76 Å². The lowest BCUT2D eigenvalue weighted by Crippen LogP contribution is -2.08. The molecule has 3 heterocycles. The third kappa shape index (κ3) is 3.61. The van der Waals surface area contributed by atoms with Crippen LogP contribution in [-0.2, 0) is 11.3 Å². The van der Waals surface area contributed by atoms with E-state index in [0.29, 0.717) is 16.6 Å². The summed E-state index contributed by atoms with van der Waals surface area (Å²) in [4.78, 5) is 16.0. The van der Waals surface area contributed by atoms with E-state index in [1.165, 1.54) is 18.3 Å². The maximum Gasteiger partial charge on any atom is 0.341 e. The molecule has 0 aliphatic carbocycles. The first-order valence-electron chi connectivity index (χ1n) is 7.15. The number of thioether (sulfide) groups is 1. The number of hydrogen-bond donors (Lipinski definition) is 0. The molecule has 3 rings (SSSR count). The van der Waals surface area contributed by atoms with Crippen molar-refractivity contribution in [3.05, 3.63) is 65.6 Å². The quantitative estimate of drug-likeness (QED) is 0.511. The van der Waals surface area contributed by atoms with Gasteiger partial charge >= 0.3 is 5.97 Å². The average Bonchev–Trinajstić information content (AvgIpc) is 2.97. The van der Waals surface area contributed by atoms with E-state index >= 15 is 0 Å². The third-order valence-electron chi connectivity index (χ3n) is 3.42. The van der Waals surface area contributed by atoms with Gasteiger partial charge < -0.3 is 9.14 Å². The SMILES string of the molecule is N#Cc1c(COC(=O)c2cccnc2SC(F)F)cn2ccccc12. The molecule has 0 spiro atoms. The fraction of sp³-hybridized carbons (Fsp3) is 0.118. The number of alkyl halides is 2. The summed E-state index contributed by atoms with van der Waals surface area (Å²) in [6.45, 7) is -0.142. The lowest BCUT2D eigenvalue weighted by Gasteiger charge is -2.07. The summed E-state index contributed by atoms with van der Waals surface area (Å²) in [6, 6.07) is 10.3. The Morgan fingerprint density at radius 1 is 1.36 bits per heavy atom. The molecule has 0 unspecified atom stereocenters. The first-order chi connectivity index (χ1) is 12.1. The number of hydrogen-bond acceptors (Lipinski definition) is 5. The molecule has 3 aromatic heterocycles. The van der Waals surface area contributed by atoms with Crippen LogP contribution in [0.2, 0.25) is 0 Å². The van der Waals surface area contributed by atoms with Crippen molar-refractivity contribution >= 4 is 23.2 Å². The molecule has 0 atom stereocenters. The lowest BCUT2D eigenvalue weighted by atomic mass is 10.2. The molecule has 0 aromatic carbocycles. The van der Waals surface area contributed by atoms with Crippen molar-refractivity contribution in [2.24, 2.45) is 0 Å². The van der Waals surface area contributed by atoms with Gasteiger partial charge in [-0.05, 0) is 36.0 Å². The molecule has 126 valence electrons. The van der Waals surface area contributed by atoms with Gasteiger partial charge in [-0.2, -0.15) is 14.0 Å². The number of esters is 1. The molecule has 3 aromatic rings. The molecule has 5 nitrogen and oxygen atoms in total. The number of fused-ring (bicyclic) bond motifs is 1. The number of nitriles is 1.